The molecule has 1 aliphatic rings. The molecule has 1 saturated heterocycles. The molecule has 32 heavy (non-hydrogen) atoms. The molecule has 0 bridgehead atoms. The molecule has 0 saturated carbocycles. The molecular formula is C26H26N4OS. The molecule has 1 unspecified atom stereocenters. The lowest BCUT2D eigenvalue weighted by Gasteiger charge is -2.42. The molecule has 4 aromatic rings. The minimum atomic E-state index is 0.0488. The Bertz CT molecular complexity index is 1210. The molecule has 2 aromatic heterocycles. The van der Waals surface area contributed by atoms with Crippen molar-refractivity contribution in [3.05, 3.63) is 89.1 Å². The smallest absolute Gasteiger partial charge is 0.227 e. The lowest BCUT2D eigenvalue weighted by Crippen LogP contribution is -2.51. The number of hydrogen-bond acceptors (Lipinski definition) is 5. The van der Waals surface area contributed by atoms with E-state index < -0.39 is 0 Å². The summed E-state index contributed by atoms with van der Waals surface area (Å²) in [5, 5.41) is 1.11. The second kappa shape index (κ2) is 9.09. The van der Waals surface area contributed by atoms with Crippen molar-refractivity contribution >= 4 is 33.3 Å². The van der Waals surface area contributed by atoms with Gasteiger partial charge in [0.05, 0.1) is 17.8 Å². The van der Waals surface area contributed by atoms with E-state index in [0.29, 0.717) is 19.5 Å². The molecule has 5 nitrogen and oxygen atoms in total. The fourth-order valence-corrected chi connectivity index (χ4v) is 5.33. The van der Waals surface area contributed by atoms with E-state index in [1.165, 1.54) is 10.4 Å². The van der Waals surface area contributed by atoms with Crippen molar-refractivity contribution in [1.82, 2.24) is 14.9 Å². The fraction of sp³-hybridized carbons (Fsp3) is 0.269. The van der Waals surface area contributed by atoms with Crippen molar-refractivity contribution in [3.63, 3.8) is 0 Å². The Hall–Kier alpha value is -3.25. The monoisotopic (exact) mass is 442 g/mol. The van der Waals surface area contributed by atoms with Crippen molar-refractivity contribution in [2.45, 2.75) is 25.8 Å². The molecule has 1 aliphatic heterocycles. The van der Waals surface area contributed by atoms with Crippen molar-refractivity contribution in [1.29, 1.82) is 0 Å². The maximum Gasteiger partial charge on any atom is 0.227 e. The van der Waals surface area contributed by atoms with E-state index in [1.807, 2.05) is 41.3 Å². The number of piperazine rings is 1. The summed E-state index contributed by atoms with van der Waals surface area (Å²) >= 11 is 1.74. The van der Waals surface area contributed by atoms with Crippen molar-refractivity contribution < 1.29 is 4.79 Å². The minimum Gasteiger partial charge on any atom is -0.345 e. The van der Waals surface area contributed by atoms with Crippen molar-refractivity contribution in [3.8, 4) is 0 Å². The first-order chi connectivity index (χ1) is 15.7. The second-order valence-corrected chi connectivity index (χ2v) is 9.22. The van der Waals surface area contributed by atoms with E-state index in [-0.39, 0.29) is 11.9 Å². The van der Waals surface area contributed by atoms with Gasteiger partial charge in [-0.3, -0.25) is 4.79 Å². The predicted molar refractivity (Wildman–Crippen MR) is 130 cm³/mol. The number of thiophene rings is 1. The zero-order valence-corrected chi connectivity index (χ0v) is 19.0. The Morgan fingerprint density at radius 2 is 1.78 bits per heavy atom. The number of aryl methyl sites for hydroxylation is 1. The summed E-state index contributed by atoms with van der Waals surface area (Å²) in [4.78, 5) is 29.1. The van der Waals surface area contributed by atoms with Gasteiger partial charge in [-0.15, -0.1) is 11.3 Å². The zero-order valence-electron chi connectivity index (χ0n) is 18.1. The van der Waals surface area contributed by atoms with E-state index in [2.05, 4.69) is 47.1 Å². The normalized spacial score (nSPS) is 16.5. The van der Waals surface area contributed by atoms with Crippen LogP contribution in [0, 0.1) is 0 Å². The van der Waals surface area contributed by atoms with Gasteiger partial charge < -0.3 is 9.80 Å². The lowest BCUT2D eigenvalue weighted by molar-refractivity contribution is -0.131. The lowest BCUT2D eigenvalue weighted by atomic mass is 10.0. The molecule has 6 heteroatoms. The van der Waals surface area contributed by atoms with Gasteiger partial charge >= 0.3 is 0 Å². The maximum absolute atomic E-state index is 13.1. The van der Waals surface area contributed by atoms with Crippen LogP contribution in [0.2, 0.25) is 0 Å². The summed E-state index contributed by atoms with van der Waals surface area (Å²) in [6.45, 7) is 4.24. The first-order valence-corrected chi connectivity index (χ1v) is 11.9. The van der Waals surface area contributed by atoms with Gasteiger partial charge in [0.25, 0.3) is 0 Å². The largest absolute Gasteiger partial charge is 0.345 e. The number of aromatic nitrogens is 2. The minimum absolute atomic E-state index is 0.0488. The number of carbonyl (C=O) groups is 1. The average molecular weight is 443 g/mol. The van der Waals surface area contributed by atoms with Gasteiger partial charge in [0, 0.05) is 24.5 Å². The molecule has 3 heterocycles. The van der Waals surface area contributed by atoms with Crippen molar-refractivity contribution in [2.24, 2.45) is 0 Å². The summed E-state index contributed by atoms with van der Waals surface area (Å²) in [6.07, 6.45) is 3.09. The molecule has 0 aliphatic carbocycles. The fourth-order valence-electron chi connectivity index (χ4n) is 4.40. The maximum atomic E-state index is 13.1. The highest BCUT2D eigenvalue weighted by molar-refractivity contribution is 7.18. The summed E-state index contributed by atoms with van der Waals surface area (Å²) in [5.41, 5.74) is 2.25. The van der Waals surface area contributed by atoms with Gasteiger partial charge in [-0.1, -0.05) is 67.6 Å². The molecule has 0 spiro atoms. The third-order valence-electron chi connectivity index (χ3n) is 6.10. The summed E-state index contributed by atoms with van der Waals surface area (Å²) in [7, 11) is 0. The number of rotatable bonds is 5. The van der Waals surface area contributed by atoms with Gasteiger partial charge in [-0.25, -0.2) is 9.97 Å². The molecule has 0 N–H and O–H groups in total. The second-order valence-electron chi connectivity index (χ2n) is 8.10. The summed E-state index contributed by atoms with van der Waals surface area (Å²) < 4.78 is 0. The Morgan fingerprint density at radius 1 is 1.03 bits per heavy atom. The number of nitrogens with zero attached hydrogens (tertiary/aromatic N) is 4. The molecule has 1 atom stereocenters. The van der Waals surface area contributed by atoms with Gasteiger partial charge in [0.2, 0.25) is 5.91 Å². The van der Waals surface area contributed by atoms with E-state index in [9.17, 15) is 4.79 Å². The van der Waals surface area contributed by atoms with Crippen LogP contribution in [0.4, 0.5) is 5.82 Å². The van der Waals surface area contributed by atoms with Crippen molar-refractivity contribution in [2.75, 3.05) is 24.5 Å². The third-order valence-corrected chi connectivity index (χ3v) is 7.28. The molecule has 1 fully saturated rings. The Kier molecular flexibility index (Phi) is 5.86. The van der Waals surface area contributed by atoms with Gasteiger partial charge in [-0.05, 0) is 23.6 Å². The highest BCUT2D eigenvalue weighted by Gasteiger charge is 2.32. The van der Waals surface area contributed by atoms with E-state index in [1.54, 1.807) is 17.7 Å². The van der Waals surface area contributed by atoms with Crippen LogP contribution in [0.25, 0.3) is 10.2 Å². The van der Waals surface area contributed by atoms with Crippen LogP contribution in [0.1, 0.15) is 29.0 Å². The third kappa shape index (κ3) is 4.10. The highest BCUT2D eigenvalue weighted by Crippen LogP contribution is 2.36. The topological polar surface area (TPSA) is 49.3 Å². The number of hydrogen-bond donors (Lipinski definition) is 0. The molecular weight excluding hydrogens is 416 g/mol. The Morgan fingerprint density at radius 3 is 2.53 bits per heavy atom. The Labute approximate surface area is 192 Å². The van der Waals surface area contributed by atoms with Crippen LogP contribution < -0.4 is 4.90 Å². The first kappa shape index (κ1) is 20.6. The van der Waals surface area contributed by atoms with Gasteiger partial charge in [-0.2, -0.15) is 0 Å². The molecule has 162 valence electrons. The van der Waals surface area contributed by atoms with Crippen LogP contribution in [-0.2, 0) is 17.6 Å². The van der Waals surface area contributed by atoms with Gasteiger partial charge in [0.15, 0.2) is 0 Å². The number of fused-ring (bicyclic) bond motifs is 1. The van der Waals surface area contributed by atoms with Crippen LogP contribution in [0.15, 0.2) is 73.1 Å². The van der Waals surface area contributed by atoms with Gasteiger partial charge in [0.1, 0.15) is 17.0 Å². The van der Waals surface area contributed by atoms with E-state index in [4.69, 9.17) is 4.98 Å². The predicted octanol–water partition coefficient (Wildman–Crippen LogP) is 4.89. The number of anilines is 1. The standard InChI is InChI=1S/C26H26N4OS/c1-2-21-16-22-25(27-18-28-26(22)32-21)30-14-13-29(17-23(30)20-11-7-4-8-12-20)24(31)15-19-9-5-3-6-10-19/h3-12,16,18,23H,2,13-15,17H2,1H3. The Balaban J connectivity index is 1.46. The quantitative estimate of drug-likeness (QED) is 0.442. The average Bonchev–Trinajstić information content (AvgIpc) is 3.28. The zero-order chi connectivity index (χ0) is 21.9. The van der Waals surface area contributed by atoms with E-state index in [0.717, 1.165) is 34.6 Å². The van der Waals surface area contributed by atoms with Crippen LogP contribution >= 0.6 is 11.3 Å². The molecule has 0 radical (unpaired) electrons. The SMILES string of the molecule is CCc1cc2c(N3CCN(C(=O)Cc4ccccc4)CC3c3ccccc3)ncnc2s1. The summed E-state index contributed by atoms with van der Waals surface area (Å²) in [5.74, 6) is 1.14. The number of benzene rings is 2. The summed E-state index contributed by atoms with van der Waals surface area (Å²) in [6, 6.07) is 22.7. The van der Waals surface area contributed by atoms with E-state index >= 15 is 0 Å². The molecule has 1 amide bonds. The van der Waals surface area contributed by atoms with Crippen LogP contribution in [0.3, 0.4) is 0 Å². The number of carbonyl (C=O) groups excluding carboxylic acids is 1. The van der Waals surface area contributed by atoms with Crippen LogP contribution in [0.5, 0.6) is 0 Å². The number of amides is 1. The highest BCUT2D eigenvalue weighted by atomic mass is 32.1. The first-order valence-electron chi connectivity index (χ1n) is 11.1. The molecule has 5 rings (SSSR count). The molecule has 2 aromatic carbocycles. The van der Waals surface area contributed by atoms with Crippen LogP contribution in [-0.4, -0.2) is 40.4 Å².